The zero-order chi connectivity index (χ0) is 17.8. The Labute approximate surface area is 157 Å². The summed E-state index contributed by atoms with van der Waals surface area (Å²) in [4.78, 5) is 2.52. The average molecular weight is 353 g/mol. The van der Waals surface area contributed by atoms with Gasteiger partial charge < -0.3 is 0 Å². The van der Waals surface area contributed by atoms with Crippen LogP contribution in [0.3, 0.4) is 0 Å². The molecule has 0 heterocycles. The van der Waals surface area contributed by atoms with E-state index in [1.807, 2.05) is 12.1 Å². The summed E-state index contributed by atoms with van der Waals surface area (Å²) < 4.78 is 0. The molecule has 4 rings (SSSR count). The van der Waals surface area contributed by atoms with Gasteiger partial charge in [0.2, 0.25) is 0 Å². The van der Waals surface area contributed by atoms with Gasteiger partial charge in [-0.15, -0.1) is 10.5 Å². The van der Waals surface area contributed by atoms with Gasteiger partial charge in [0.25, 0.3) is 0 Å². The Hall–Kier alpha value is -2.90. The van der Waals surface area contributed by atoms with Gasteiger partial charge in [0.15, 0.2) is 0 Å². The molecule has 0 aliphatic carbocycles. The zero-order valence-corrected chi connectivity index (χ0v) is 15.3. The lowest BCUT2D eigenvalue weighted by Gasteiger charge is -2.10. The smallest absolute Gasteiger partial charge is 0.00567 e. The van der Waals surface area contributed by atoms with E-state index in [4.69, 9.17) is 0 Å². The first-order valence-corrected chi connectivity index (χ1v) is 10.1. The van der Waals surface area contributed by atoms with E-state index in [-0.39, 0.29) is 10.5 Å². The molecule has 0 bridgehead atoms. The first-order chi connectivity index (χ1) is 12.8. The SMILES string of the molecule is C=S(c1ccc(-c2ccccc2)cc1)c1ccc(-c2ccccc2)cc1. The minimum Gasteiger partial charge on any atom is -0.131 e. The lowest BCUT2D eigenvalue weighted by Crippen LogP contribution is -1.82. The van der Waals surface area contributed by atoms with Gasteiger partial charge in [0, 0.05) is 9.79 Å². The lowest BCUT2D eigenvalue weighted by atomic mass is 10.1. The molecule has 0 nitrogen and oxygen atoms in total. The Morgan fingerprint density at radius 2 is 0.692 bits per heavy atom. The van der Waals surface area contributed by atoms with Crippen LogP contribution >= 0.6 is 10.5 Å². The van der Waals surface area contributed by atoms with Crippen molar-refractivity contribution in [2.75, 3.05) is 0 Å². The van der Waals surface area contributed by atoms with E-state index in [2.05, 4.69) is 103 Å². The topological polar surface area (TPSA) is 0 Å². The van der Waals surface area contributed by atoms with Crippen molar-refractivity contribution in [2.24, 2.45) is 0 Å². The molecule has 0 spiro atoms. The predicted octanol–water partition coefficient (Wildman–Crippen LogP) is 7.14. The van der Waals surface area contributed by atoms with Crippen molar-refractivity contribution >= 4 is 16.4 Å². The lowest BCUT2D eigenvalue weighted by molar-refractivity contribution is 1.40. The summed E-state index contributed by atoms with van der Waals surface area (Å²) in [5, 5.41) is 0. The highest BCUT2D eigenvalue weighted by Gasteiger charge is 2.04. The van der Waals surface area contributed by atoms with Gasteiger partial charge >= 0.3 is 0 Å². The van der Waals surface area contributed by atoms with Gasteiger partial charge in [-0.2, -0.15) is 0 Å². The largest absolute Gasteiger partial charge is 0.131 e. The summed E-state index contributed by atoms with van der Waals surface area (Å²) >= 11 is 0. The third-order valence-electron chi connectivity index (χ3n) is 4.49. The molecule has 4 aromatic carbocycles. The van der Waals surface area contributed by atoms with E-state index >= 15 is 0 Å². The van der Waals surface area contributed by atoms with Crippen molar-refractivity contribution in [3.63, 3.8) is 0 Å². The van der Waals surface area contributed by atoms with Gasteiger partial charge in [0.1, 0.15) is 0 Å². The summed E-state index contributed by atoms with van der Waals surface area (Å²) in [5.41, 5.74) is 4.97. The third kappa shape index (κ3) is 3.54. The van der Waals surface area contributed by atoms with Crippen LogP contribution in [0.2, 0.25) is 0 Å². The fraction of sp³-hybridized carbons (Fsp3) is 0. The standard InChI is InChI=1S/C25H20S/c1-26(24-16-12-22(13-17-24)20-8-4-2-5-9-20)25-18-14-23(15-19-25)21-10-6-3-7-11-21/h2-19H,1H2. The van der Waals surface area contributed by atoms with Gasteiger partial charge in [-0.3, -0.25) is 0 Å². The number of hydrogen-bond acceptors (Lipinski definition) is 0. The first-order valence-electron chi connectivity index (χ1n) is 8.66. The fourth-order valence-corrected chi connectivity index (χ4v) is 4.22. The summed E-state index contributed by atoms with van der Waals surface area (Å²) in [6.07, 6.45) is 0. The summed E-state index contributed by atoms with van der Waals surface area (Å²) in [6, 6.07) is 38.5. The Morgan fingerprint density at radius 3 is 1.04 bits per heavy atom. The maximum Gasteiger partial charge on any atom is 0.00567 e. The molecule has 0 fully saturated rings. The van der Waals surface area contributed by atoms with E-state index in [0.29, 0.717) is 0 Å². The van der Waals surface area contributed by atoms with Crippen LogP contribution in [0.5, 0.6) is 0 Å². The van der Waals surface area contributed by atoms with Crippen LogP contribution in [0.1, 0.15) is 0 Å². The Bertz CT molecular complexity index is 914. The quantitative estimate of drug-likeness (QED) is 0.342. The first kappa shape index (κ1) is 16.6. The molecule has 0 aromatic heterocycles. The highest BCUT2D eigenvalue weighted by molar-refractivity contribution is 8.14. The fourth-order valence-electron chi connectivity index (χ4n) is 3.02. The number of benzene rings is 4. The van der Waals surface area contributed by atoms with Crippen LogP contribution < -0.4 is 0 Å². The molecule has 0 saturated heterocycles. The van der Waals surface area contributed by atoms with Crippen molar-refractivity contribution in [3.8, 4) is 22.3 Å². The second kappa shape index (κ2) is 7.55. The van der Waals surface area contributed by atoms with E-state index < -0.39 is 0 Å². The Kier molecular flexibility index (Phi) is 4.81. The molecule has 0 unspecified atom stereocenters. The normalized spacial score (nSPS) is 10.8. The highest BCUT2D eigenvalue weighted by Crippen LogP contribution is 2.36. The van der Waals surface area contributed by atoms with Crippen molar-refractivity contribution in [1.29, 1.82) is 0 Å². The van der Waals surface area contributed by atoms with E-state index in [1.54, 1.807) is 0 Å². The van der Waals surface area contributed by atoms with Gasteiger partial charge in [-0.05, 0) is 46.5 Å². The highest BCUT2D eigenvalue weighted by atomic mass is 32.2. The van der Waals surface area contributed by atoms with Crippen molar-refractivity contribution in [1.82, 2.24) is 0 Å². The molecular formula is C25H20S. The Morgan fingerprint density at radius 1 is 0.385 bits per heavy atom. The van der Waals surface area contributed by atoms with Crippen LogP contribution in [-0.4, -0.2) is 5.87 Å². The molecule has 126 valence electrons. The minimum atomic E-state index is -0.176. The second-order valence-corrected chi connectivity index (χ2v) is 7.90. The molecule has 0 saturated carbocycles. The van der Waals surface area contributed by atoms with Crippen molar-refractivity contribution in [3.05, 3.63) is 109 Å². The van der Waals surface area contributed by atoms with Gasteiger partial charge in [0.05, 0.1) is 0 Å². The molecule has 0 N–H and O–H groups in total. The van der Waals surface area contributed by atoms with Crippen molar-refractivity contribution < 1.29 is 0 Å². The maximum atomic E-state index is 4.41. The summed E-state index contributed by atoms with van der Waals surface area (Å²) in [7, 11) is -0.176. The maximum absolute atomic E-state index is 4.41. The average Bonchev–Trinajstić information content (AvgIpc) is 2.75. The molecule has 4 aromatic rings. The zero-order valence-electron chi connectivity index (χ0n) is 14.5. The van der Waals surface area contributed by atoms with Crippen LogP contribution in [-0.2, 0) is 0 Å². The second-order valence-electron chi connectivity index (χ2n) is 6.17. The molecule has 26 heavy (non-hydrogen) atoms. The van der Waals surface area contributed by atoms with E-state index in [9.17, 15) is 0 Å². The molecule has 0 aliphatic heterocycles. The monoisotopic (exact) mass is 352 g/mol. The van der Waals surface area contributed by atoms with Crippen LogP contribution in [0.25, 0.3) is 22.3 Å². The van der Waals surface area contributed by atoms with Gasteiger partial charge in [-0.25, -0.2) is 0 Å². The summed E-state index contributed by atoms with van der Waals surface area (Å²) in [6.45, 7) is 0. The van der Waals surface area contributed by atoms with E-state index in [1.165, 1.54) is 32.0 Å². The molecule has 1 heteroatoms. The van der Waals surface area contributed by atoms with E-state index in [0.717, 1.165) is 0 Å². The van der Waals surface area contributed by atoms with Crippen molar-refractivity contribution in [2.45, 2.75) is 9.79 Å². The molecule has 0 radical (unpaired) electrons. The van der Waals surface area contributed by atoms with Crippen LogP contribution in [0.15, 0.2) is 119 Å². The molecular weight excluding hydrogens is 332 g/mol. The Balaban J connectivity index is 1.56. The third-order valence-corrected chi connectivity index (χ3v) is 6.17. The number of hydrogen-bond donors (Lipinski definition) is 0. The molecule has 0 amide bonds. The van der Waals surface area contributed by atoms with Crippen LogP contribution in [0.4, 0.5) is 0 Å². The number of rotatable bonds is 4. The minimum absolute atomic E-state index is 0.176. The molecule has 0 aliphatic rings. The molecule has 0 atom stereocenters. The summed E-state index contributed by atoms with van der Waals surface area (Å²) in [5.74, 6) is 4.41. The van der Waals surface area contributed by atoms with Crippen LogP contribution in [0, 0.1) is 0 Å². The van der Waals surface area contributed by atoms with Gasteiger partial charge in [-0.1, -0.05) is 90.8 Å². The predicted molar refractivity (Wildman–Crippen MR) is 115 cm³/mol.